The van der Waals surface area contributed by atoms with Crippen molar-refractivity contribution in [1.82, 2.24) is 0 Å². The van der Waals surface area contributed by atoms with Crippen molar-refractivity contribution >= 4 is 37.8 Å². The molecule has 0 fully saturated rings. The number of carboxylic acid groups (broad SMARTS) is 1. The molecule has 0 unspecified atom stereocenters. The van der Waals surface area contributed by atoms with Gasteiger partial charge in [-0.15, -0.1) is 0 Å². The van der Waals surface area contributed by atoms with Crippen LogP contribution in [0, 0.1) is 0 Å². The topological polar surface area (TPSA) is 37.3 Å². The van der Waals surface area contributed by atoms with E-state index in [-0.39, 0.29) is 0 Å². The number of benzene rings is 1. The maximum atomic E-state index is 10.6. The molecule has 0 aliphatic rings. The number of rotatable bonds is 3. The second-order valence-corrected chi connectivity index (χ2v) is 4.56. The van der Waals surface area contributed by atoms with E-state index in [1.54, 1.807) is 0 Å². The van der Waals surface area contributed by atoms with Crippen LogP contribution in [0.3, 0.4) is 0 Å². The summed E-state index contributed by atoms with van der Waals surface area (Å²) in [6, 6.07) is 7.59. The molecular formula is C9H8Br2O2. The number of carboxylic acids is 1. The Balaban J connectivity index is 2.74. The molecule has 13 heavy (non-hydrogen) atoms. The van der Waals surface area contributed by atoms with E-state index in [4.69, 9.17) is 5.11 Å². The average Bonchev–Trinajstić information content (AvgIpc) is 2.08. The Morgan fingerprint density at radius 2 is 2.08 bits per heavy atom. The van der Waals surface area contributed by atoms with Crippen molar-refractivity contribution in [3.8, 4) is 0 Å². The van der Waals surface area contributed by atoms with E-state index < -0.39 is 10.8 Å². The van der Waals surface area contributed by atoms with Gasteiger partial charge in [-0.2, -0.15) is 0 Å². The second kappa shape index (κ2) is 4.77. The van der Waals surface area contributed by atoms with Gasteiger partial charge in [-0.1, -0.05) is 50.1 Å². The molecule has 70 valence electrons. The molecule has 0 saturated heterocycles. The third-order valence-corrected chi connectivity index (χ3v) is 3.11. The molecule has 0 bridgehead atoms. The molecular weight excluding hydrogens is 300 g/mol. The Bertz CT molecular complexity index is 312. The highest BCUT2D eigenvalue weighted by Gasteiger charge is 2.14. The predicted octanol–water partition coefficient (Wildman–Crippen LogP) is 2.84. The first-order valence-corrected chi connectivity index (χ1v) is 5.42. The lowest BCUT2D eigenvalue weighted by Gasteiger charge is -2.06. The van der Waals surface area contributed by atoms with E-state index in [2.05, 4.69) is 31.9 Å². The maximum Gasteiger partial charge on any atom is 0.317 e. The van der Waals surface area contributed by atoms with Gasteiger partial charge >= 0.3 is 5.97 Å². The quantitative estimate of drug-likeness (QED) is 0.872. The molecule has 1 atom stereocenters. The van der Waals surface area contributed by atoms with Crippen molar-refractivity contribution in [2.75, 3.05) is 0 Å². The van der Waals surface area contributed by atoms with Gasteiger partial charge in [0.05, 0.1) is 0 Å². The third kappa shape index (κ3) is 3.12. The summed E-state index contributed by atoms with van der Waals surface area (Å²) in [5.74, 6) is -0.837. The summed E-state index contributed by atoms with van der Waals surface area (Å²) in [7, 11) is 0. The zero-order valence-corrected chi connectivity index (χ0v) is 9.88. The van der Waals surface area contributed by atoms with Crippen LogP contribution >= 0.6 is 31.9 Å². The third-order valence-electron chi connectivity index (χ3n) is 1.62. The number of aliphatic carboxylic acids is 1. The van der Waals surface area contributed by atoms with E-state index in [1.165, 1.54) is 0 Å². The first-order valence-electron chi connectivity index (χ1n) is 3.71. The standard InChI is InChI=1S/C9H8Br2O2/c10-7-4-2-1-3-6(7)5-8(11)9(12)13/h1-4,8H,5H2,(H,12,13)/t8-/m1/s1. The normalized spacial score (nSPS) is 12.5. The monoisotopic (exact) mass is 306 g/mol. The van der Waals surface area contributed by atoms with Crippen LogP contribution < -0.4 is 0 Å². The predicted molar refractivity (Wildman–Crippen MR) is 58.2 cm³/mol. The smallest absolute Gasteiger partial charge is 0.317 e. The first kappa shape index (κ1) is 10.7. The summed E-state index contributed by atoms with van der Waals surface area (Å²) >= 11 is 6.45. The van der Waals surface area contributed by atoms with Crippen LogP contribution in [0.15, 0.2) is 28.7 Å². The van der Waals surface area contributed by atoms with Crippen LogP contribution in [0.25, 0.3) is 0 Å². The van der Waals surface area contributed by atoms with Gasteiger partial charge in [0.25, 0.3) is 0 Å². The average molecular weight is 308 g/mol. The lowest BCUT2D eigenvalue weighted by molar-refractivity contribution is -0.136. The summed E-state index contributed by atoms with van der Waals surface area (Å²) in [5.41, 5.74) is 0.992. The Kier molecular flexibility index (Phi) is 3.93. The summed E-state index contributed by atoms with van der Waals surface area (Å²) in [6.45, 7) is 0. The number of carbonyl (C=O) groups is 1. The maximum absolute atomic E-state index is 10.6. The van der Waals surface area contributed by atoms with Crippen LogP contribution in [0.1, 0.15) is 5.56 Å². The van der Waals surface area contributed by atoms with Crippen molar-refractivity contribution in [3.05, 3.63) is 34.3 Å². The number of hydrogen-bond donors (Lipinski definition) is 1. The molecule has 0 saturated carbocycles. The number of hydrogen-bond acceptors (Lipinski definition) is 1. The fourth-order valence-corrected chi connectivity index (χ4v) is 1.74. The molecule has 0 radical (unpaired) electrons. The van der Waals surface area contributed by atoms with Gasteiger partial charge in [0.2, 0.25) is 0 Å². The van der Waals surface area contributed by atoms with Crippen molar-refractivity contribution in [2.45, 2.75) is 11.2 Å². The molecule has 0 spiro atoms. The van der Waals surface area contributed by atoms with Gasteiger partial charge in [0.1, 0.15) is 4.83 Å². The lowest BCUT2D eigenvalue weighted by atomic mass is 10.1. The van der Waals surface area contributed by atoms with Gasteiger partial charge in [-0.3, -0.25) is 4.79 Å². The summed E-state index contributed by atoms with van der Waals surface area (Å²) in [4.78, 5) is 10.0. The molecule has 1 aromatic carbocycles. The molecule has 0 aliphatic heterocycles. The van der Waals surface area contributed by atoms with Gasteiger partial charge in [-0.25, -0.2) is 0 Å². The molecule has 1 N–H and O–H groups in total. The minimum absolute atomic E-state index is 0.483. The Hall–Kier alpha value is -0.350. The highest BCUT2D eigenvalue weighted by Crippen LogP contribution is 2.19. The van der Waals surface area contributed by atoms with E-state index >= 15 is 0 Å². The highest BCUT2D eigenvalue weighted by molar-refractivity contribution is 9.10. The summed E-state index contributed by atoms with van der Waals surface area (Å²) < 4.78 is 0.945. The van der Waals surface area contributed by atoms with E-state index in [0.717, 1.165) is 10.0 Å². The zero-order valence-electron chi connectivity index (χ0n) is 6.71. The van der Waals surface area contributed by atoms with Crippen LogP contribution in [0.4, 0.5) is 0 Å². The molecule has 1 aromatic rings. The Labute approximate surface area is 93.2 Å². The second-order valence-electron chi connectivity index (χ2n) is 2.60. The minimum atomic E-state index is -0.837. The molecule has 0 aromatic heterocycles. The molecule has 0 aliphatic carbocycles. The van der Waals surface area contributed by atoms with Gasteiger partial charge in [0.15, 0.2) is 0 Å². The number of halogens is 2. The van der Waals surface area contributed by atoms with Crippen molar-refractivity contribution in [1.29, 1.82) is 0 Å². The fourth-order valence-electron chi connectivity index (χ4n) is 0.944. The van der Waals surface area contributed by atoms with E-state index in [1.807, 2.05) is 24.3 Å². The zero-order chi connectivity index (χ0) is 9.84. The van der Waals surface area contributed by atoms with E-state index in [0.29, 0.717) is 6.42 Å². The summed E-state index contributed by atoms with van der Waals surface area (Å²) in [5, 5.41) is 8.67. The number of alkyl halides is 1. The fraction of sp³-hybridized carbons (Fsp3) is 0.222. The minimum Gasteiger partial charge on any atom is -0.480 e. The molecule has 0 heterocycles. The molecule has 4 heteroatoms. The first-order chi connectivity index (χ1) is 6.11. The Morgan fingerprint density at radius 3 is 2.62 bits per heavy atom. The van der Waals surface area contributed by atoms with E-state index in [9.17, 15) is 4.79 Å². The molecule has 0 amide bonds. The Morgan fingerprint density at radius 1 is 1.46 bits per heavy atom. The van der Waals surface area contributed by atoms with Crippen molar-refractivity contribution < 1.29 is 9.90 Å². The van der Waals surface area contributed by atoms with Crippen LogP contribution in [-0.4, -0.2) is 15.9 Å². The van der Waals surface area contributed by atoms with Crippen LogP contribution in [-0.2, 0) is 11.2 Å². The van der Waals surface area contributed by atoms with Gasteiger partial charge in [0, 0.05) is 4.47 Å². The largest absolute Gasteiger partial charge is 0.480 e. The lowest BCUT2D eigenvalue weighted by Crippen LogP contribution is -2.15. The van der Waals surface area contributed by atoms with Gasteiger partial charge in [-0.05, 0) is 18.1 Å². The van der Waals surface area contributed by atoms with Gasteiger partial charge < -0.3 is 5.11 Å². The molecule has 1 rings (SSSR count). The summed E-state index contributed by atoms with van der Waals surface area (Å²) in [6.07, 6.45) is 0.483. The SMILES string of the molecule is O=C(O)[C@H](Br)Cc1ccccc1Br. The van der Waals surface area contributed by atoms with Crippen molar-refractivity contribution in [3.63, 3.8) is 0 Å². The van der Waals surface area contributed by atoms with Crippen molar-refractivity contribution in [2.24, 2.45) is 0 Å². The highest BCUT2D eigenvalue weighted by atomic mass is 79.9. The van der Waals surface area contributed by atoms with Crippen LogP contribution in [0.5, 0.6) is 0 Å². The van der Waals surface area contributed by atoms with Crippen LogP contribution in [0.2, 0.25) is 0 Å². The molecule has 2 nitrogen and oxygen atoms in total.